The quantitative estimate of drug-likeness (QED) is 0.727. The van der Waals surface area contributed by atoms with Crippen molar-refractivity contribution in [1.29, 1.82) is 0 Å². The molecule has 1 aromatic rings. The minimum atomic E-state index is -0.737. The summed E-state index contributed by atoms with van der Waals surface area (Å²) < 4.78 is 13.1. The molecule has 0 aromatic heterocycles. The number of carbonyl (C=O) groups excluding carboxylic acids is 2. The molecule has 1 aromatic carbocycles. The van der Waals surface area contributed by atoms with Gasteiger partial charge in [0.25, 0.3) is 0 Å². The highest BCUT2D eigenvalue weighted by atomic mass is 19.1. The van der Waals surface area contributed by atoms with Crippen molar-refractivity contribution in [2.45, 2.75) is 64.6 Å². The third-order valence-electron chi connectivity index (χ3n) is 4.17. The molecule has 6 heteroatoms. The Balaban J connectivity index is 2.00. The highest BCUT2D eigenvalue weighted by molar-refractivity contribution is 6.39. The molecule has 1 aliphatic heterocycles. The monoisotopic (exact) mass is 335 g/mol. The molecule has 1 aliphatic rings. The number of halogens is 1. The van der Waals surface area contributed by atoms with Crippen LogP contribution in [-0.4, -0.2) is 28.9 Å². The van der Waals surface area contributed by atoms with Gasteiger partial charge in [-0.3, -0.25) is 9.59 Å². The molecule has 5 nitrogen and oxygen atoms in total. The topological polar surface area (TPSA) is 70.2 Å². The fraction of sp³-hybridized carbons (Fsp3) is 0.556. The van der Waals surface area contributed by atoms with Gasteiger partial charge in [-0.25, -0.2) is 4.39 Å². The number of hydrogen-bond acceptors (Lipinski definition) is 3. The average Bonchev–Trinajstić information content (AvgIpc) is 2.38. The maximum atomic E-state index is 13.1. The predicted molar refractivity (Wildman–Crippen MR) is 92.2 cm³/mol. The largest absolute Gasteiger partial charge is 0.345 e. The lowest BCUT2D eigenvalue weighted by Gasteiger charge is -2.46. The normalized spacial score (nSPS) is 19.6. The average molecular weight is 335 g/mol. The Labute approximate surface area is 142 Å². The van der Waals surface area contributed by atoms with E-state index in [2.05, 4.69) is 43.6 Å². The maximum Gasteiger partial charge on any atom is 0.313 e. The number of carbonyl (C=O) groups is 2. The van der Waals surface area contributed by atoms with Gasteiger partial charge in [-0.1, -0.05) is 0 Å². The van der Waals surface area contributed by atoms with E-state index in [0.29, 0.717) is 11.3 Å². The van der Waals surface area contributed by atoms with Crippen molar-refractivity contribution in [3.63, 3.8) is 0 Å². The number of piperidine rings is 1. The Bertz CT molecular complexity index is 640. The minimum Gasteiger partial charge on any atom is -0.345 e. The van der Waals surface area contributed by atoms with Gasteiger partial charge in [-0.05, 0) is 71.2 Å². The highest BCUT2D eigenvalue weighted by Gasteiger charge is 2.38. The molecule has 0 spiro atoms. The lowest BCUT2D eigenvalue weighted by atomic mass is 9.79. The summed E-state index contributed by atoms with van der Waals surface area (Å²) in [6, 6.07) is 3.93. The van der Waals surface area contributed by atoms with Crippen LogP contribution in [0.3, 0.4) is 0 Å². The molecule has 0 aliphatic carbocycles. The molecule has 1 saturated heterocycles. The van der Waals surface area contributed by atoms with E-state index in [1.807, 2.05) is 0 Å². The smallest absolute Gasteiger partial charge is 0.313 e. The highest BCUT2D eigenvalue weighted by Crippen LogP contribution is 2.28. The number of amides is 2. The zero-order chi connectivity index (χ0) is 18.1. The molecule has 0 bridgehead atoms. The molecule has 0 radical (unpaired) electrons. The van der Waals surface area contributed by atoms with Gasteiger partial charge in [0.2, 0.25) is 0 Å². The number of nitrogens with one attached hydrogen (secondary N) is 3. The van der Waals surface area contributed by atoms with E-state index in [9.17, 15) is 14.0 Å². The number of anilines is 1. The van der Waals surface area contributed by atoms with Crippen LogP contribution in [0.2, 0.25) is 0 Å². The van der Waals surface area contributed by atoms with Crippen molar-refractivity contribution in [3.05, 3.63) is 29.6 Å². The number of benzene rings is 1. The van der Waals surface area contributed by atoms with Crippen molar-refractivity contribution < 1.29 is 14.0 Å². The van der Waals surface area contributed by atoms with E-state index in [1.54, 1.807) is 6.92 Å². The fourth-order valence-electron chi connectivity index (χ4n) is 3.62. The summed E-state index contributed by atoms with van der Waals surface area (Å²) in [7, 11) is 0. The Morgan fingerprint density at radius 3 is 2.25 bits per heavy atom. The molecule has 0 unspecified atom stereocenters. The molecule has 132 valence electrons. The molecule has 0 atom stereocenters. The van der Waals surface area contributed by atoms with Crippen LogP contribution in [0.5, 0.6) is 0 Å². The van der Waals surface area contributed by atoms with Gasteiger partial charge >= 0.3 is 11.8 Å². The Kier molecular flexibility index (Phi) is 4.99. The first-order valence-corrected chi connectivity index (χ1v) is 8.15. The van der Waals surface area contributed by atoms with Gasteiger partial charge in [0.1, 0.15) is 5.82 Å². The van der Waals surface area contributed by atoms with E-state index < -0.39 is 11.8 Å². The van der Waals surface area contributed by atoms with Gasteiger partial charge in [0, 0.05) is 22.8 Å². The second-order valence-corrected chi connectivity index (χ2v) is 7.88. The van der Waals surface area contributed by atoms with Crippen LogP contribution >= 0.6 is 0 Å². The minimum absolute atomic E-state index is 0.0798. The number of hydrogen-bond donors (Lipinski definition) is 3. The van der Waals surface area contributed by atoms with Crippen LogP contribution in [0.1, 0.15) is 46.1 Å². The molecule has 2 amide bonds. The third-order valence-corrected chi connectivity index (χ3v) is 4.17. The lowest BCUT2D eigenvalue weighted by Crippen LogP contribution is -2.62. The standard InChI is InChI=1S/C18H26FN3O2/c1-11-8-12(19)6-7-14(11)21-16(24)15(23)20-13-9-17(2,3)22-18(4,5)10-13/h6-8,13,22H,9-10H2,1-5H3,(H,20,23)(H,21,24). The molecule has 1 fully saturated rings. The van der Waals surface area contributed by atoms with Crippen LogP contribution < -0.4 is 16.0 Å². The second-order valence-electron chi connectivity index (χ2n) is 7.88. The molecule has 3 N–H and O–H groups in total. The predicted octanol–water partition coefficient (Wildman–Crippen LogP) is 2.50. The Hall–Kier alpha value is -1.95. The summed E-state index contributed by atoms with van der Waals surface area (Å²) >= 11 is 0. The van der Waals surface area contributed by atoms with Crippen molar-refractivity contribution in [1.82, 2.24) is 10.6 Å². The summed E-state index contributed by atoms with van der Waals surface area (Å²) in [5.74, 6) is -1.79. The molecule has 24 heavy (non-hydrogen) atoms. The summed E-state index contributed by atoms with van der Waals surface area (Å²) in [5, 5.41) is 8.88. The van der Waals surface area contributed by atoms with E-state index in [-0.39, 0.29) is 22.9 Å². The van der Waals surface area contributed by atoms with Crippen molar-refractivity contribution >= 4 is 17.5 Å². The summed E-state index contributed by atoms with van der Waals surface area (Å²) in [4.78, 5) is 24.3. The van der Waals surface area contributed by atoms with Crippen molar-refractivity contribution in [2.75, 3.05) is 5.32 Å². The third kappa shape index (κ3) is 4.77. The van der Waals surface area contributed by atoms with Crippen LogP contribution in [0.15, 0.2) is 18.2 Å². The van der Waals surface area contributed by atoms with Crippen molar-refractivity contribution in [3.8, 4) is 0 Å². The molecular weight excluding hydrogens is 309 g/mol. The SMILES string of the molecule is Cc1cc(F)ccc1NC(=O)C(=O)NC1CC(C)(C)NC(C)(C)C1. The first kappa shape index (κ1) is 18.4. The van der Waals surface area contributed by atoms with Gasteiger partial charge in [0.05, 0.1) is 0 Å². The van der Waals surface area contributed by atoms with Gasteiger partial charge < -0.3 is 16.0 Å². The lowest BCUT2D eigenvalue weighted by molar-refractivity contribution is -0.137. The Morgan fingerprint density at radius 1 is 1.12 bits per heavy atom. The fourth-order valence-corrected chi connectivity index (χ4v) is 3.62. The Morgan fingerprint density at radius 2 is 1.71 bits per heavy atom. The first-order chi connectivity index (χ1) is 11.0. The number of rotatable bonds is 2. The van der Waals surface area contributed by atoms with Crippen LogP contribution in [0.4, 0.5) is 10.1 Å². The van der Waals surface area contributed by atoms with Crippen LogP contribution in [0, 0.1) is 12.7 Å². The van der Waals surface area contributed by atoms with Crippen LogP contribution in [0.25, 0.3) is 0 Å². The van der Waals surface area contributed by atoms with Gasteiger partial charge in [-0.15, -0.1) is 0 Å². The zero-order valence-corrected chi connectivity index (χ0v) is 14.9. The first-order valence-electron chi connectivity index (χ1n) is 8.15. The van der Waals surface area contributed by atoms with Gasteiger partial charge in [0.15, 0.2) is 0 Å². The van der Waals surface area contributed by atoms with Crippen LogP contribution in [-0.2, 0) is 9.59 Å². The molecule has 0 saturated carbocycles. The zero-order valence-electron chi connectivity index (χ0n) is 14.9. The van der Waals surface area contributed by atoms with Crippen molar-refractivity contribution in [2.24, 2.45) is 0 Å². The second kappa shape index (κ2) is 6.51. The maximum absolute atomic E-state index is 13.1. The summed E-state index contributed by atoms with van der Waals surface area (Å²) in [6.07, 6.45) is 1.48. The van der Waals surface area contributed by atoms with E-state index >= 15 is 0 Å². The van der Waals surface area contributed by atoms with E-state index in [4.69, 9.17) is 0 Å². The molecule has 1 heterocycles. The summed E-state index contributed by atoms with van der Waals surface area (Å²) in [6.45, 7) is 9.99. The molecular formula is C18H26FN3O2. The van der Waals surface area contributed by atoms with Gasteiger partial charge in [-0.2, -0.15) is 0 Å². The van der Waals surface area contributed by atoms with E-state index in [0.717, 1.165) is 12.8 Å². The summed E-state index contributed by atoms with van der Waals surface area (Å²) in [5.41, 5.74) is 0.760. The van der Waals surface area contributed by atoms with E-state index in [1.165, 1.54) is 18.2 Å². The number of aryl methyl sites for hydroxylation is 1. The molecule has 2 rings (SSSR count).